The molecule has 0 saturated heterocycles. The van der Waals surface area contributed by atoms with Gasteiger partial charge in [-0.25, -0.2) is 13.2 Å². The number of amides is 1. The Hall–Kier alpha value is -2.07. The largest absolute Gasteiger partial charge is 0.444 e. The van der Waals surface area contributed by atoms with Gasteiger partial charge in [0.15, 0.2) is 9.84 Å². The first-order valence-electron chi connectivity index (χ1n) is 6.30. The maximum absolute atomic E-state index is 11.9. The van der Waals surface area contributed by atoms with Gasteiger partial charge in [0.25, 0.3) is 0 Å². The summed E-state index contributed by atoms with van der Waals surface area (Å²) in [6.07, 6.45) is -0.622. The number of hydrogen-bond donors (Lipinski definition) is 1. The molecule has 1 N–H and O–H groups in total. The zero-order valence-electron chi connectivity index (χ0n) is 12.4. The monoisotopic (exact) mass is 310 g/mol. The Labute approximate surface area is 124 Å². The fourth-order valence-electron chi connectivity index (χ4n) is 1.42. The molecule has 0 radical (unpaired) electrons. The predicted molar refractivity (Wildman–Crippen MR) is 78.6 cm³/mol. The lowest BCUT2D eigenvalue weighted by atomic mass is 10.2. The Morgan fingerprint density at radius 1 is 1.29 bits per heavy atom. The number of ether oxygens (including phenoxy) is 1. The second-order valence-corrected chi connectivity index (χ2v) is 7.74. The van der Waals surface area contributed by atoms with Crippen molar-refractivity contribution in [2.24, 2.45) is 0 Å². The number of nitriles is 1. The minimum Gasteiger partial charge on any atom is -0.444 e. The summed E-state index contributed by atoms with van der Waals surface area (Å²) in [5, 5.41) is 10.1. The first kappa shape index (κ1) is 17.0. The van der Waals surface area contributed by atoms with Crippen LogP contribution < -0.4 is 5.32 Å². The topological polar surface area (TPSA) is 96.3 Å². The van der Waals surface area contributed by atoms with E-state index in [9.17, 15) is 13.2 Å². The summed E-state index contributed by atoms with van der Waals surface area (Å²) >= 11 is 0. The number of benzene rings is 1. The molecular weight excluding hydrogens is 292 g/mol. The highest BCUT2D eigenvalue weighted by Crippen LogP contribution is 2.19. The van der Waals surface area contributed by atoms with Gasteiger partial charge in [0, 0.05) is 5.69 Å². The number of carbonyl (C=O) groups excluding carboxylic acids is 1. The number of rotatable bonds is 3. The Morgan fingerprint density at radius 3 is 2.24 bits per heavy atom. The van der Waals surface area contributed by atoms with E-state index in [-0.39, 0.29) is 4.90 Å². The van der Waals surface area contributed by atoms with E-state index < -0.39 is 26.8 Å². The van der Waals surface area contributed by atoms with Crippen LogP contribution in [-0.4, -0.2) is 25.4 Å². The maximum Gasteiger partial charge on any atom is 0.412 e. The number of nitrogens with zero attached hydrogens (tertiary/aromatic N) is 1. The first-order valence-corrected chi connectivity index (χ1v) is 7.84. The molecule has 6 nitrogen and oxygen atoms in total. The summed E-state index contributed by atoms with van der Waals surface area (Å²) in [5.74, 6) is 0. The van der Waals surface area contributed by atoms with Crippen LogP contribution in [0.4, 0.5) is 10.5 Å². The van der Waals surface area contributed by atoms with Crippen LogP contribution in [-0.2, 0) is 14.6 Å². The number of anilines is 1. The maximum atomic E-state index is 11.9. The number of sulfone groups is 1. The lowest BCUT2D eigenvalue weighted by molar-refractivity contribution is 0.0636. The smallest absolute Gasteiger partial charge is 0.412 e. The molecule has 0 aliphatic heterocycles. The SMILES string of the molecule is CC(C#N)S(=O)(=O)c1ccc(NC(=O)OC(C)(C)C)cc1. The third kappa shape index (κ3) is 4.76. The average molecular weight is 310 g/mol. The zero-order valence-corrected chi connectivity index (χ0v) is 13.2. The molecule has 21 heavy (non-hydrogen) atoms. The van der Waals surface area contributed by atoms with Gasteiger partial charge in [0.2, 0.25) is 0 Å². The molecule has 7 heteroatoms. The van der Waals surface area contributed by atoms with E-state index >= 15 is 0 Å². The Kier molecular flexibility index (Phi) is 4.97. The van der Waals surface area contributed by atoms with Crippen molar-refractivity contribution in [1.29, 1.82) is 5.26 Å². The van der Waals surface area contributed by atoms with Crippen molar-refractivity contribution in [3.8, 4) is 6.07 Å². The van der Waals surface area contributed by atoms with Crippen LogP contribution in [0.5, 0.6) is 0 Å². The minimum atomic E-state index is -3.67. The van der Waals surface area contributed by atoms with Crippen molar-refractivity contribution < 1.29 is 17.9 Å². The molecule has 114 valence electrons. The van der Waals surface area contributed by atoms with Crippen molar-refractivity contribution in [2.45, 2.75) is 43.4 Å². The summed E-state index contributed by atoms with van der Waals surface area (Å²) in [7, 11) is -3.67. The van der Waals surface area contributed by atoms with Gasteiger partial charge < -0.3 is 4.74 Å². The third-order valence-electron chi connectivity index (χ3n) is 2.48. The molecule has 1 aromatic carbocycles. The summed E-state index contributed by atoms with van der Waals surface area (Å²) in [6, 6.07) is 7.28. The lowest BCUT2D eigenvalue weighted by Gasteiger charge is -2.19. The molecule has 1 aromatic rings. The second-order valence-electron chi connectivity index (χ2n) is 5.47. The molecule has 0 saturated carbocycles. The summed E-state index contributed by atoms with van der Waals surface area (Å²) < 4.78 is 29.0. The van der Waals surface area contributed by atoms with Crippen molar-refractivity contribution >= 4 is 21.6 Å². The number of nitrogens with one attached hydrogen (secondary N) is 1. The zero-order chi connectivity index (χ0) is 16.3. The highest BCUT2D eigenvalue weighted by molar-refractivity contribution is 7.92. The average Bonchev–Trinajstić information content (AvgIpc) is 2.36. The van der Waals surface area contributed by atoms with Crippen LogP contribution in [0, 0.1) is 11.3 Å². The van der Waals surface area contributed by atoms with Crippen molar-refractivity contribution in [3.63, 3.8) is 0 Å². The molecule has 0 spiro atoms. The minimum absolute atomic E-state index is 0.0336. The van der Waals surface area contributed by atoms with E-state index in [0.29, 0.717) is 5.69 Å². The van der Waals surface area contributed by atoms with Crippen molar-refractivity contribution in [1.82, 2.24) is 0 Å². The van der Waals surface area contributed by atoms with Crippen LogP contribution in [0.15, 0.2) is 29.2 Å². The van der Waals surface area contributed by atoms with Crippen LogP contribution in [0.1, 0.15) is 27.7 Å². The molecule has 1 rings (SSSR count). The van der Waals surface area contributed by atoms with Gasteiger partial charge in [-0.2, -0.15) is 5.26 Å². The fraction of sp³-hybridized carbons (Fsp3) is 0.429. The predicted octanol–water partition coefficient (Wildman–Crippen LogP) is 2.72. The van der Waals surface area contributed by atoms with Crippen LogP contribution in [0.25, 0.3) is 0 Å². The molecule has 0 aliphatic rings. The van der Waals surface area contributed by atoms with Crippen LogP contribution in [0.2, 0.25) is 0 Å². The molecule has 0 bridgehead atoms. The Morgan fingerprint density at radius 2 is 1.81 bits per heavy atom. The molecule has 1 amide bonds. The summed E-state index contributed by atoms with van der Waals surface area (Å²) in [6.45, 7) is 6.55. The molecule has 1 atom stereocenters. The molecule has 0 aromatic heterocycles. The fourth-order valence-corrected chi connectivity index (χ4v) is 2.49. The van der Waals surface area contributed by atoms with E-state index in [2.05, 4.69) is 5.32 Å². The third-order valence-corrected chi connectivity index (χ3v) is 4.44. The van der Waals surface area contributed by atoms with Crippen molar-refractivity contribution in [3.05, 3.63) is 24.3 Å². The van der Waals surface area contributed by atoms with Gasteiger partial charge in [-0.05, 0) is 52.0 Å². The second kappa shape index (κ2) is 6.14. The molecule has 0 aliphatic carbocycles. The van der Waals surface area contributed by atoms with E-state index in [1.165, 1.54) is 31.2 Å². The van der Waals surface area contributed by atoms with Gasteiger partial charge >= 0.3 is 6.09 Å². The normalized spacial score (nSPS) is 13.1. The Bertz CT molecular complexity index is 652. The molecule has 0 fully saturated rings. The van der Waals surface area contributed by atoms with Gasteiger partial charge in [-0.15, -0.1) is 0 Å². The van der Waals surface area contributed by atoms with Gasteiger partial charge in [0.05, 0.1) is 11.0 Å². The van der Waals surface area contributed by atoms with Gasteiger partial charge in [-0.3, -0.25) is 5.32 Å². The van der Waals surface area contributed by atoms with Crippen molar-refractivity contribution in [2.75, 3.05) is 5.32 Å². The summed E-state index contributed by atoms with van der Waals surface area (Å²) in [5.41, 5.74) is -0.205. The summed E-state index contributed by atoms with van der Waals surface area (Å²) in [4.78, 5) is 11.6. The van der Waals surface area contributed by atoms with Gasteiger partial charge in [0.1, 0.15) is 10.9 Å². The molecule has 1 unspecified atom stereocenters. The first-order chi connectivity index (χ1) is 9.56. The molecular formula is C14H18N2O4S. The van der Waals surface area contributed by atoms with E-state index in [4.69, 9.17) is 10.00 Å². The standard InChI is InChI=1S/C14H18N2O4S/c1-10(9-15)21(18,19)12-7-5-11(6-8-12)16-13(17)20-14(2,3)4/h5-8,10H,1-4H3,(H,16,17). The van der Waals surface area contributed by atoms with Crippen LogP contribution in [0.3, 0.4) is 0 Å². The van der Waals surface area contributed by atoms with Gasteiger partial charge in [-0.1, -0.05) is 0 Å². The highest BCUT2D eigenvalue weighted by Gasteiger charge is 2.23. The molecule has 0 heterocycles. The van der Waals surface area contributed by atoms with E-state index in [0.717, 1.165) is 0 Å². The quantitative estimate of drug-likeness (QED) is 0.926. The van der Waals surface area contributed by atoms with E-state index in [1.54, 1.807) is 26.8 Å². The Balaban J connectivity index is 2.85. The lowest BCUT2D eigenvalue weighted by Crippen LogP contribution is -2.27. The van der Waals surface area contributed by atoms with E-state index in [1.807, 2.05) is 0 Å². The highest BCUT2D eigenvalue weighted by atomic mass is 32.2. The van der Waals surface area contributed by atoms with Crippen LogP contribution >= 0.6 is 0 Å². The number of hydrogen-bond acceptors (Lipinski definition) is 5. The number of carbonyl (C=O) groups is 1.